The Balaban J connectivity index is 0.000000149. The molecule has 0 aromatic heterocycles. The quantitative estimate of drug-likeness (QED) is 0.0545. The molecule has 7 atom stereocenters. The minimum absolute atomic E-state index is 0.0108. The van der Waals surface area contributed by atoms with Crippen LogP contribution < -0.4 is 16.0 Å². The Morgan fingerprint density at radius 1 is 0.558 bits per heavy atom. The van der Waals surface area contributed by atoms with Gasteiger partial charge in [0.25, 0.3) is 0 Å². The number of aliphatic hydroxyl groups is 3. The molecule has 77 heavy (non-hydrogen) atoms. The van der Waals surface area contributed by atoms with Crippen LogP contribution in [0.25, 0.3) is 0 Å². The summed E-state index contributed by atoms with van der Waals surface area (Å²) < 4.78 is 0. The Bertz CT molecular complexity index is 2440. The molecule has 10 nitrogen and oxygen atoms in total. The number of carbonyl (C=O) groups excluding carboxylic acids is 1. The summed E-state index contributed by atoms with van der Waals surface area (Å²) in [5, 5.41) is 40.7. The van der Waals surface area contributed by atoms with Crippen LogP contribution in [0.3, 0.4) is 0 Å². The largest absolute Gasteiger partial charge is 0.388 e. The van der Waals surface area contributed by atoms with Crippen molar-refractivity contribution in [2.45, 2.75) is 151 Å². The van der Waals surface area contributed by atoms with E-state index in [9.17, 15) is 20.1 Å². The van der Waals surface area contributed by atoms with Crippen LogP contribution in [0.5, 0.6) is 0 Å². The van der Waals surface area contributed by atoms with Gasteiger partial charge in [0.1, 0.15) is 6.10 Å². The van der Waals surface area contributed by atoms with E-state index >= 15 is 0 Å². The van der Waals surface area contributed by atoms with Gasteiger partial charge in [-0.25, -0.2) is 0 Å². The predicted molar refractivity (Wildman–Crippen MR) is 324 cm³/mol. The van der Waals surface area contributed by atoms with Gasteiger partial charge < -0.3 is 46.0 Å². The second-order valence-electron chi connectivity index (χ2n) is 22.5. The van der Waals surface area contributed by atoms with Gasteiger partial charge in [0, 0.05) is 79.9 Å². The number of anilines is 1. The number of rotatable bonds is 21. The molecule has 7 fully saturated rings. The molecule has 4 aliphatic heterocycles. The number of hydrogen-bond acceptors (Lipinski definition) is 12. The van der Waals surface area contributed by atoms with Crippen LogP contribution in [0.1, 0.15) is 125 Å². The molecule has 4 aromatic rings. The zero-order valence-electron chi connectivity index (χ0n) is 44.6. The summed E-state index contributed by atoms with van der Waals surface area (Å²) in [6, 6.07) is 24.9. The normalized spacial score (nSPS) is 22.4. The number of likely N-dealkylation sites (tertiary alicyclic amines) is 3. The Morgan fingerprint density at radius 3 is 1.42 bits per heavy atom. The van der Waals surface area contributed by atoms with Gasteiger partial charge in [-0.05, 0) is 206 Å². The van der Waals surface area contributed by atoms with Crippen molar-refractivity contribution in [2.24, 2.45) is 17.6 Å². The van der Waals surface area contributed by atoms with Gasteiger partial charge in [-0.15, -0.1) is 35.3 Å². The van der Waals surface area contributed by atoms with Crippen LogP contribution in [0.4, 0.5) is 5.69 Å². The maximum Gasteiger partial charge on any atom is 0.225 e. The summed E-state index contributed by atoms with van der Waals surface area (Å²) in [6.45, 7) is 12.5. The molecule has 7 aliphatic rings. The SMILES string of the molecule is C[C@H](CN1CCCC1)[C@H](O)c1ccc(SC2CC2)c(Cl)c1.N[C@H](CN1CCCC1)[C@H](O)c1ccc(SC2CC2)c(Cl)c1.O=C(N[C@H](CN1CCCC1)[C@H](O)c1ccc(SC2CC2)c(Cl)c1)[C@@H]1CCN(c2ccc(Cl)cc2)C1. The van der Waals surface area contributed by atoms with Crippen molar-refractivity contribution in [2.75, 3.05) is 76.9 Å². The molecule has 0 bridgehead atoms. The number of amides is 1. The maximum atomic E-state index is 13.3. The van der Waals surface area contributed by atoms with E-state index in [1.807, 2.05) is 108 Å². The Hall–Kier alpha value is -1.92. The number of nitrogens with one attached hydrogen (secondary N) is 1. The molecule has 3 saturated carbocycles. The average molecular weight is 1190 g/mol. The summed E-state index contributed by atoms with van der Waals surface area (Å²) in [6.07, 6.45) is 13.9. The monoisotopic (exact) mass is 1180 g/mol. The lowest BCUT2D eigenvalue weighted by Crippen LogP contribution is -2.48. The standard InChI is InChI=1S/C27H33Cl2N3O2S.C17H24ClNOS.C16H23ClN2OS/c28-20-4-6-21(7-5-20)32-14-11-19(16-32)27(34)30-24(17-31-12-1-2-13-31)26(33)18-3-10-25(23(29)15-18)35-22-8-9-22;1-12(11-19-8-2-3-9-19)17(20)13-4-7-16(15(18)10-13)21-14-5-6-14;17-13-9-11(3-6-15(13)21-12-4-5-12)16(20)14(18)10-19-7-1-2-8-19/h3-7,10,15,19,22,24,26,33H,1-2,8-9,11-14,16-17H2,(H,30,34);4,7,10,12,14,17,20H,2-3,5-6,8-9,11H2,1H3;3,6,9,12,14,16,20H,1-2,4-5,7-8,10,18H2/t19-,24-,26-;12-,17+;14-,16-/m111/s1. The van der Waals surface area contributed by atoms with E-state index in [2.05, 4.69) is 37.9 Å². The first-order chi connectivity index (χ1) is 37.2. The lowest BCUT2D eigenvalue weighted by Gasteiger charge is -2.30. The third-order valence-electron chi connectivity index (χ3n) is 15.8. The summed E-state index contributed by atoms with van der Waals surface area (Å²) in [7, 11) is 0. The van der Waals surface area contributed by atoms with Gasteiger partial charge in [-0.3, -0.25) is 4.79 Å². The van der Waals surface area contributed by atoms with Gasteiger partial charge in [0.15, 0.2) is 0 Å². The van der Waals surface area contributed by atoms with Crippen molar-refractivity contribution in [1.29, 1.82) is 0 Å². The van der Waals surface area contributed by atoms with Crippen molar-refractivity contribution in [1.82, 2.24) is 20.0 Å². The zero-order valence-corrected chi connectivity index (χ0v) is 50.1. The second kappa shape index (κ2) is 28.9. The maximum absolute atomic E-state index is 13.3. The van der Waals surface area contributed by atoms with Crippen molar-refractivity contribution in [3.05, 3.63) is 116 Å². The summed E-state index contributed by atoms with van der Waals surface area (Å²) in [5.41, 5.74) is 9.78. The first-order valence-electron chi connectivity index (χ1n) is 28.4. The fourth-order valence-electron chi connectivity index (χ4n) is 10.8. The van der Waals surface area contributed by atoms with Gasteiger partial charge in [0.2, 0.25) is 5.91 Å². The third kappa shape index (κ3) is 18.0. The molecule has 4 heterocycles. The van der Waals surface area contributed by atoms with Gasteiger partial charge in [-0.1, -0.05) is 71.5 Å². The topological polar surface area (TPSA) is 129 Å². The highest BCUT2D eigenvalue weighted by Gasteiger charge is 2.34. The fraction of sp³-hybridized carbons (Fsp3) is 0.583. The Labute approximate surface area is 491 Å². The van der Waals surface area contributed by atoms with E-state index < -0.39 is 18.3 Å². The molecule has 420 valence electrons. The minimum atomic E-state index is -0.814. The first-order valence-corrected chi connectivity index (χ1v) is 32.5. The molecule has 1 amide bonds. The molecule has 6 N–H and O–H groups in total. The molecule has 0 radical (unpaired) electrons. The van der Waals surface area contributed by atoms with Crippen molar-refractivity contribution >= 4 is 93.3 Å². The number of hydrogen-bond donors (Lipinski definition) is 5. The highest BCUT2D eigenvalue weighted by molar-refractivity contribution is 8.00. The lowest BCUT2D eigenvalue weighted by atomic mass is 9.97. The summed E-state index contributed by atoms with van der Waals surface area (Å²) >= 11 is 30.8. The smallest absolute Gasteiger partial charge is 0.225 e. The van der Waals surface area contributed by atoms with E-state index in [-0.39, 0.29) is 29.8 Å². The lowest BCUT2D eigenvalue weighted by molar-refractivity contribution is -0.126. The van der Waals surface area contributed by atoms with Crippen molar-refractivity contribution in [3.63, 3.8) is 0 Å². The van der Waals surface area contributed by atoms with E-state index in [1.165, 1.54) is 77.3 Å². The summed E-state index contributed by atoms with van der Waals surface area (Å²) in [5.74, 6) is 0.137. The first kappa shape index (κ1) is 59.7. The molecule has 17 heteroatoms. The summed E-state index contributed by atoms with van der Waals surface area (Å²) in [4.78, 5) is 26.0. The third-order valence-corrected chi connectivity index (χ3v) is 21.6. The van der Waals surface area contributed by atoms with Crippen LogP contribution in [-0.4, -0.2) is 136 Å². The molecular formula is C60H80Cl4N6O4S3. The Morgan fingerprint density at radius 2 is 0.974 bits per heavy atom. The zero-order chi connectivity index (χ0) is 54.0. The van der Waals surface area contributed by atoms with Crippen molar-refractivity contribution < 1.29 is 20.1 Å². The van der Waals surface area contributed by atoms with Crippen LogP contribution in [-0.2, 0) is 4.79 Å². The highest BCUT2D eigenvalue weighted by atomic mass is 35.5. The molecule has 0 unspecified atom stereocenters. The number of aliphatic hydroxyl groups excluding tert-OH is 3. The van der Waals surface area contributed by atoms with Crippen LogP contribution >= 0.6 is 81.7 Å². The van der Waals surface area contributed by atoms with E-state index in [4.69, 9.17) is 52.1 Å². The second-order valence-corrected chi connectivity index (χ2v) is 28.2. The molecule has 4 aromatic carbocycles. The number of nitrogens with two attached hydrogens (primary N) is 1. The highest BCUT2D eigenvalue weighted by Crippen LogP contribution is 2.45. The van der Waals surface area contributed by atoms with Gasteiger partial charge >= 0.3 is 0 Å². The van der Waals surface area contributed by atoms with E-state index in [0.29, 0.717) is 28.4 Å². The molecular weight excluding hydrogens is 1110 g/mol. The minimum Gasteiger partial charge on any atom is -0.388 e. The van der Waals surface area contributed by atoms with Crippen LogP contribution in [0, 0.1) is 11.8 Å². The van der Waals surface area contributed by atoms with Crippen molar-refractivity contribution in [3.8, 4) is 0 Å². The van der Waals surface area contributed by atoms with Crippen LogP contribution in [0.2, 0.25) is 20.1 Å². The molecule has 3 aliphatic carbocycles. The number of carbonyl (C=O) groups is 1. The number of halogens is 4. The molecule has 0 spiro atoms. The van der Waals surface area contributed by atoms with Gasteiger partial charge in [-0.2, -0.15) is 0 Å². The molecule has 4 saturated heterocycles. The van der Waals surface area contributed by atoms with E-state index in [0.717, 1.165) is 123 Å². The fourth-order valence-corrected chi connectivity index (χ4v) is 15.0. The van der Waals surface area contributed by atoms with Crippen LogP contribution in [0.15, 0.2) is 93.5 Å². The average Bonchev–Trinajstić information content (AvgIpc) is 4.36. The number of nitrogens with zero attached hydrogens (tertiary/aromatic N) is 4. The predicted octanol–water partition coefficient (Wildman–Crippen LogP) is 12.8. The number of benzene rings is 4. The molecule has 11 rings (SSSR count). The van der Waals surface area contributed by atoms with Gasteiger partial charge in [0.05, 0.1) is 39.2 Å². The van der Waals surface area contributed by atoms with E-state index in [1.54, 1.807) is 0 Å². The number of thioether (sulfide) groups is 3. The Kier molecular flexibility index (Phi) is 22.4.